The number of anilines is 1. The van der Waals surface area contributed by atoms with Crippen molar-refractivity contribution in [1.82, 2.24) is 0 Å². The largest absolute Gasteiger partial charge is 0.486 e. The van der Waals surface area contributed by atoms with Crippen molar-refractivity contribution in [2.45, 2.75) is 20.0 Å². The van der Waals surface area contributed by atoms with E-state index in [2.05, 4.69) is 5.32 Å². The van der Waals surface area contributed by atoms with Gasteiger partial charge in [-0.1, -0.05) is 48.3 Å². The van der Waals surface area contributed by atoms with E-state index in [-0.39, 0.29) is 12.2 Å². The number of nitrogens with one attached hydrogen (secondary N) is 1. The SMILES string of the molecule is CCc1ccccc1NC(=O)/C(C#N)=C/c1ccc(COc2ccc(Cl)c(Cl)c2)o1. The molecule has 0 bridgehead atoms. The Kier molecular flexibility index (Phi) is 7.18. The highest BCUT2D eigenvalue weighted by atomic mass is 35.5. The number of nitriles is 1. The van der Waals surface area contributed by atoms with Gasteiger partial charge in [0.2, 0.25) is 0 Å². The summed E-state index contributed by atoms with van der Waals surface area (Å²) < 4.78 is 11.3. The molecule has 3 rings (SSSR count). The van der Waals surface area contributed by atoms with Crippen molar-refractivity contribution in [2.75, 3.05) is 5.32 Å². The first-order chi connectivity index (χ1) is 14.5. The smallest absolute Gasteiger partial charge is 0.266 e. The van der Waals surface area contributed by atoms with Gasteiger partial charge < -0.3 is 14.5 Å². The molecule has 3 aromatic rings. The predicted molar refractivity (Wildman–Crippen MR) is 118 cm³/mol. The summed E-state index contributed by atoms with van der Waals surface area (Å²) >= 11 is 11.9. The Morgan fingerprint density at radius 1 is 1.17 bits per heavy atom. The van der Waals surface area contributed by atoms with E-state index >= 15 is 0 Å². The maximum atomic E-state index is 12.5. The molecule has 5 nitrogen and oxygen atoms in total. The van der Waals surface area contributed by atoms with Crippen molar-refractivity contribution in [2.24, 2.45) is 0 Å². The number of aryl methyl sites for hydroxylation is 1. The quantitative estimate of drug-likeness (QED) is 0.346. The van der Waals surface area contributed by atoms with Crippen LogP contribution in [-0.2, 0) is 17.8 Å². The van der Waals surface area contributed by atoms with E-state index < -0.39 is 5.91 Å². The summed E-state index contributed by atoms with van der Waals surface area (Å²) in [6, 6.07) is 17.7. The molecule has 30 heavy (non-hydrogen) atoms. The number of hydrogen-bond acceptors (Lipinski definition) is 4. The summed E-state index contributed by atoms with van der Waals surface area (Å²) in [5, 5.41) is 13.0. The molecule has 1 N–H and O–H groups in total. The molecule has 0 unspecified atom stereocenters. The first-order valence-electron chi connectivity index (χ1n) is 9.17. The molecule has 0 saturated heterocycles. The van der Waals surface area contributed by atoms with E-state index in [1.54, 1.807) is 36.4 Å². The van der Waals surface area contributed by atoms with Crippen LogP contribution in [-0.4, -0.2) is 5.91 Å². The van der Waals surface area contributed by atoms with Crippen LogP contribution in [0.25, 0.3) is 6.08 Å². The van der Waals surface area contributed by atoms with Crippen LogP contribution in [0.15, 0.2) is 64.6 Å². The average molecular weight is 441 g/mol. The van der Waals surface area contributed by atoms with E-state index in [1.165, 1.54) is 6.08 Å². The Bertz CT molecular complexity index is 1130. The third kappa shape index (κ3) is 5.44. The maximum Gasteiger partial charge on any atom is 0.266 e. The number of nitrogens with zero attached hydrogens (tertiary/aromatic N) is 1. The van der Waals surface area contributed by atoms with Gasteiger partial charge in [-0.15, -0.1) is 0 Å². The number of rotatable bonds is 7. The van der Waals surface area contributed by atoms with E-state index in [9.17, 15) is 10.1 Å². The minimum absolute atomic E-state index is 0.0628. The molecular weight excluding hydrogens is 423 g/mol. The van der Waals surface area contributed by atoms with Crippen molar-refractivity contribution in [3.63, 3.8) is 0 Å². The molecule has 1 heterocycles. The average Bonchev–Trinajstić information content (AvgIpc) is 3.20. The zero-order valence-electron chi connectivity index (χ0n) is 16.1. The molecule has 0 saturated carbocycles. The lowest BCUT2D eigenvalue weighted by Crippen LogP contribution is -2.14. The van der Waals surface area contributed by atoms with E-state index in [0.717, 1.165) is 12.0 Å². The molecule has 0 radical (unpaired) electrons. The van der Waals surface area contributed by atoms with Gasteiger partial charge in [0.1, 0.15) is 35.5 Å². The molecule has 0 fully saturated rings. The van der Waals surface area contributed by atoms with E-state index in [1.807, 2.05) is 31.2 Å². The van der Waals surface area contributed by atoms with Crippen molar-refractivity contribution in [3.05, 3.63) is 87.3 Å². The number of ether oxygens (including phenoxy) is 1. The highest BCUT2D eigenvalue weighted by molar-refractivity contribution is 6.42. The van der Waals surface area contributed by atoms with Crippen LogP contribution in [0.3, 0.4) is 0 Å². The van der Waals surface area contributed by atoms with Crippen LogP contribution in [0.4, 0.5) is 5.69 Å². The number of amides is 1. The van der Waals surface area contributed by atoms with Crippen LogP contribution in [0.2, 0.25) is 10.0 Å². The Morgan fingerprint density at radius 3 is 2.70 bits per heavy atom. The van der Waals surface area contributed by atoms with Gasteiger partial charge in [-0.2, -0.15) is 5.26 Å². The van der Waals surface area contributed by atoms with E-state index in [4.69, 9.17) is 32.4 Å². The van der Waals surface area contributed by atoms with Crippen LogP contribution >= 0.6 is 23.2 Å². The van der Waals surface area contributed by atoms with Crippen molar-refractivity contribution >= 4 is 40.9 Å². The van der Waals surface area contributed by atoms with Gasteiger partial charge in [0, 0.05) is 17.8 Å². The fourth-order valence-electron chi connectivity index (χ4n) is 2.70. The third-order valence-corrected chi connectivity index (χ3v) is 4.99. The fraction of sp³-hybridized carbons (Fsp3) is 0.130. The van der Waals surface area contributed by atoms with Gasteiger partial charge in [-0.25, -0.2) is 0 Å². The topological polar surface area (TPSA) is 75.3 Å². The highest BCUT2D eigenvalue weighted by Gasteiger charge is 2.13. The minimum Gasteiger partial charge on any atom is -0.486 e. The Labute approximate surface area is 184 Å². The van der Waals surface area contributed by atoms with Crippen LogP contribution < -0.4 is 10.1 Å². The van der Waals surface area contributed by atoms with Gasteiger partial charge in [-0.05, 0) is 42.3 Å². The van der Waals surface area contributed by atoms with Gasteiger partial charge in [0.05, 0.1) is 10.0 Å². The molecule has 0 aliphatic rings. The molecule has 1 aromatic heterocycles. The zero-order chi connectivity index (χ0) is 21.5. The predicted octanol–water partition coefficient (Wildman–Crippen LogP) is 6.27. The molecular formula is C23H18Cl2N2O3. The van der Waals surface area contributed by atoms with Crippen molar-refractivity contribution in [3.8, 4) is 11.8 Å². The van der Waals surface area contributed by atoms with Crippen LogP contribution in [0.5, 0.6) is 5.75 Å². The molecule has 152 valence electrons. The van der Waals surface area contributed by atoms with Gasteiger partial charge >= 0.3 is 0 Å². The Morgan fingerprint density at radius 2 is 1.97 bits per heavy atom. The maximum absolute atomic E-state index is 12.5. The highest BCUT2D eigenvalue weighted by Crippen LogP contribution is 2.27. The lowest BCUT2D eigenvalue weighted by atomic mass is 10.1. The molecule has 0 spiro atoms. The lowest BCUT2D eigenvalue weighted by Gasteiger charge is -2.08. The number of carbonyl (C=O) groups is 1. The van der Waals surface area contributed by atoms with Crippen molar-refractivity contribution in [1.29, 1.82) is 5.26 Å². The van der Waals surface area contributed by atoms with Gasteiger partial charge in [-0.3, -0.25) is 4.79 Å². The van der Waals surface area contributed by atoms with E-state index in [0.29, 0.717) is 33.0 Å². The standard InChI is InChI=1S/C23H18Cl2N2O3/c1-2-15-5-3-4-6-22(15)27-23(28)16(13-26)11-18-7-8-19(30-18)14-29-17-9-10-20(24)21(25)12-17/h3-12H,2,14H2,1H3,(H,27,28)/b16-11+. The van der Waals surface area contributed by atoms with Gasteiger partial charge in [0.25, 0.3) is 5.91 Å². The summed E-state index contributed by atoms with van der Waals surface area (Å²) in [6.07, 6.45) is 2.16. The first kappa shape index (κ1) is 21.5. The van der Waals surface area contributed by atoms with Crippen molar-refractivity contribution < 1.29 is 13.9 Å². The molecule has 2 aromatic carbocycles. The molecule has 0 aliphatic carbocycles. The number of para-hydroxylation sites is 1. The summed E-state index contributed by atoms with van der Waals surface area (Å²) in [7, 11) is 0. The molecule has 1 amide bonds. The van der Waals surface area contributed by atoms with Gasteiger partial charge in [0.15, 0.2) is 0 Å². The second kappa shape index (κ2) is 10.0. The fourth-order valence-corrected chi connectivity index (χ4v) is 2.99. The second-order valence-electron chi connectivity index (χ2n) is 6.30. The number of benzene rings is 2. The number of halogens is 2. The Hall–Kier alpha value is -3.20. The number of carbonyl (C=O) groups excluding carboxylic acids is 1. The second-order valence-corrected chi connectivity index (χ2v) is 7.12. The number of hydrogen-bond donors (Lipinski definition) is 1. The normalized spacial score (nSPS) is 11.1. The summed E-state index contributed by atoms with van der Waals surface area (Å²) in [5.74, 6) is 0.951. The number of furan rings is 1. The third-order valence-electron chi connectivity index (χ3n) is 4.25. The monoisotopic (exact) mass is 440 g/mol. The zero-order valence-corrected chi connectivity index (χ0v) is 17.6. The summed E-state index contributed by atoms with van der Waals surface area (Å²) in [5.41, 5.74) is 1.61. The Balaban J connectivity index is 1.67. The van der Waals surface area contributed by atoms with Crippen LogP contribution in [0, 0.1) is 11.3 Å². The molecule has 0 aliphatic heterocycles. The molecule has 0 atom stereocenters. The van der Waals surface area contributed by atoms with Crippen LogP contribution in [0.1, 0.15) is 24.0 Å². The summed E-state index contributed by atoms with van der Waals surface area (Å²) in [4.78, 5) is 12.5. The summed E-state index contributed by atoms with van der Waals surface area (Å²) in [6.45, 7) is 2.15. The minimum atomic E-state index is -0.497. The lowest BCUT2D eigenvalue weighted by molar-refractivity contribution is -0.112. The first-order valence-corrected chi connectivity index (χ1v) is 9.93. The molecule has 7 heteroatoms.